The summed E-state index contributed by atoms with van der Waals surface area (Å²) >= 11 is 0. The molecule has 1 unspecified atom stereocenters. The molecule has 4 nitrogen and oxygen atoms in total. The Morgan fingerprint density at radius 1 is 1.18 bits per heavy atom. The van der Waals surface area contributed by atoms with Gasteiger partial charge in [-0.25, -0.2) is 0 Å². The van der Waals surface area contributed by atoms with Gasteiger partial charge in [0.25, 0.3) is 0 Å². The van der Waals surface area contributed by atoms with E-state index in [1.165, 1.54) is 11.1 Å². The van der Waals surface area contributed by atoms with Crippen molar-refractivity contribution in [2.45, 2.75) is 12.6 Å². The molecule has 1 N–H and O–H groups in total. The van der Waals surface area contributed by atoms with Gasteiger partial charge < -0.3 is 19.7 Å². The van der Waals surface area contributed by atoms with Crippen LogP contribution in [0, 0.1) is 0 Å². The van der Waals surface area contributed by atoms with Crippen LogP contribution in [0.4, 0.5) is 0 Å². The van der Waals surface area contributed by atoms with Crippen LogP contribution in [-0.2, 0) is 6.54 Å². The van der Waals surface area contributed by atoms with Gasteiger partial charge in [0.05, 0.1) is 14.2 Å². The SMILES string of the molecule is COc1cc2c(cc1OC)C(N(C)C)CNC2. The first-order chi connectivity index (χ1) is 8.17. The van der Waals surface area contributed by atoms with Crippen molar-refractivity contribution in [3.63, 3.8) is 0 Å². The van der Waals surface area contributed by atoms with E-state index in [0.717, 1.165) is 24.6 Å². The molecule has 17 heavy (non-hydrogen) atoms. The van der Waals surface area contributed by atoms with Crippen molar-refractivity contribution in [2.24, 2.45) is 0 Å². The molecule has 0 radical (unpaired) electrons. The fourth-order valence-corrected chi connectivity index (χ4v) is 2.31. The first kappa shape index (κ1) is 12.2. The average Bonchev–Trinajstić information content (AvgIpc) is 2.35. The van der Waals surface area contributed by atoms with E-state index >= 15 is 0 Å². The van der Waals surface area contributed by atoms with Gasteiger partial charge in [-0.15, -0.1) is 0 Å². The summed E-state index contributed by atoms with van der Waals surface area (Å²) in [4.78, 5) is 2.22. The van der Waals surface area contributed by atoms with Gasteiger partial charge in [-0.2, -0.15) is 0 Å². The minimum absolute atomic E-state index is 0.388. The molecule has 1 atom stereocenters. The zero-order valence-corrected chi connectivity index (χ0v) is 10.9. The molecular formula is C13H20N2O2. The first-order valence-corrected chi connectivity index (χ1v) is 5.79. The zero-order valence-electron chi connectivity index (χ0n) is 10.9. The van der Waals surface area contributed by atoms with Gasteiger partial charge in [-0.05, 0) is 37.4 Å². The molecule has 94 valence electrons. The quantitative estimate of drug-likeness (QED) is 0.860. The highest BCUT2D eigenvalue weighted by atomic mass is 16.5. The van der Waals surface area contributed by atoms with Crippen LogP contribution in [0.3, 0.4) is 0 Å². The Morgan fingerprint density at radius 2 is 1.82 bits per heavy atom. The summed E-state index contributed by atoms with van der Waals surface area (Å²) in [7, 11) is 7.54. The van der Waals surface area contributed by atoms with Gasteiger partial charge in [0.2, 0.25) is 0 Å². The summed E-state index contributed by atoms with van der Waals surface area (Å²) in [5, 5.41) is 3.42. The minimum Gasteiger partial charge on any atom is -0.493 e. The molecule has 2 rings (SSSR count). The predicted octanol–water partition coefficient (Wildman–Crippen LogP) is 1.41. The number of ether oxygens (including phenoxy) is 2. The molecule has 0 bridgehead atoms. The molecule has 1 aromatic rings. The zero-order chi connectivity index (χ0) is 12.4. The van der Waals surface area contributed by atoms with Gasteiger partial charge in [0.1, 0.15) is 0 Å². The number of hydrogen-bond donors (Lipinski definition) is 1. The van der Waals surface area contributed by atoms with Crippen LogP contribution >= 0.6 is 0 Å². The van der Waals surface area contributed by atoms with E-state index in [2.05, 4.69) is 36.4 Å². The lowest BCUT2D eigenvalue weighted by molar-refractivity contribution is 0.273. The summed E-state index contributed by atoms with van der Waals surface area (Å²) in [5.41, 5.74) is 2.61. The molecule has 1 heterocycles. The normalized spacial score (nSPS) is 19.0. The second kappa shape index (κ2) is 4.94. The molecule has 1 aliphatic rings. The lowest BCUT2D eigenvalue weighted by Crippen LogP contribution is -2.35. The summed E-state index contributed by atoms with van der Waals surface area (Å²) in [6.45, 7) is 1.86. The maximum absolute atomic E-state index is 5.37. The monoisotopic (exact) mass is 236 g/mol. The molecule has 0 amide bonds. The molecule has 0 saturated heterocycles. The lowest BCUT2D eigenvalue weighted by atomic mass is 9.95. The molecular weight excluding hydrogens is 216 g/mol. The Labute approximate surface area is 103 Å². The number of nitrogens with one attached hydrogen (secondary N) is 1. The van der Waals surface area contributed by atoms with Crippen molar-refractivity contribution in [3.8, 4) is 11.5 Å². The Kier molecular flexibility index (Phi) is 3.54. The van der Waals surface area contributed by atoms with E-state index in [0.29, 0.717) is 6.04 Å². The highest BCUT2D eigenvalue weighted by Crippen LogP contribution is 2.35. The Morgan fingerprint density at radius 3 is 2.41 bits per heavy atom. The molecule has 4 heteroatoms. The van der Waals surface area contributed by atoms with Gasteiger partial charge in [-0.3, -0.25) is 0 Å². The van der Waals surface area contributed by atoms with E-state index in [1.807, 2.05) is 0 Å². The molecule has 0 saturated carbocycles. The Hall–Kier alpha value is -1.26. The molecule has 0 spiro atoms. The second-order valence-electron chi connectivity index (χ2n) is 4.52. The first-order valence-electron chi connectivity index (χ1n) is 5.79. The van der Waals surface area contributed by atoms with Crippen molar-refractivity contribution in [1.29, 1.82) is 0 Å². The van der Waals surface area contributed by atoms with Crippen LogP contribution in [0.15, 0.2) is 12.1 Å². The molecule has 0 aliphatic carbocycles. The number of methoxy groups -OCH3 is 2. The van der Waals surface area contributed by atoms with Gasteiger partial charge in [-0.1, -0.05) is 0 Å². The summed E-state index contributed by atoms with van der Waals surface area (Å²) in [5.74, 6) is 1.60. The Balaban J connectivity index is 2.47. The van der Waals surface area contributed by atoms with E-state index < -0.39 is 0 Å². The van der Waals surface area contributed by atoms with E-state index in [-0.39, 0.29) is 0 Å². The van der Waals surface area contributed by atoms with Crippen LogP contribution in [0.5, 0.6) is 11.5 Å². The third-order valence-corrected chi connectivity index (χ3v) is 3.28. The molecule has 0 aromatic heterocycles. The fraction of sp³-hybridized carbons (Fsp3) is 0.538. The number of hydrogen-bond acceptors (Lipinski definition) is 4. The largest absolute Gasteiger partial charge is 0.493 e. The topological polar surface area (TPSA) is 33.7 Å². The summed E-state index contributed by atoms with van der Waals surface area (Å²) in [6.07, 6.45) is 0. The number of fused-ring (bicyclic) bond motifs is 1. The number of rotatable bonds is 3. The van der Waals surface area contributed by atoms with Crippen molar-refractivity contribution in [3.05, 3.63) is 23.3 Å². The van der Waals surface area contributed by atoms with Gasteiger partial charge >= 0.3 is 0 Å². The predicted molar refractivity (Wildman–Crippen MR) is 67.7 cm³/mol. The van der Waals surface area contributed by atoms with E-state index in [1.54, 1.807) is 14.2 Å². The maximum atomic E-state index is 5.37. The average molecular weight is 236 g/mol. The van der Waals surface area contributed by atoms with Crippen molar-refractivity contribution in [1.82, 2.24) is 10.2 Å². The number of benzene rings is 1. The maximum Gasteiger partial charge on any atom is 0.161 e. The van der Waals surface area contributed by atoms with Crippen LogP contribution in [0.2, 0.25) is 0 Å². The summed E-state index contributed by atoms with van der Waals surface area (Å²) in [6, 6.07) is 4.55. The molecule has 0 fully saturated rings. The lowest BCUT2D eigenvalue weighted by Gasteiger charge is -2.32. The third-order valence-electron chi connectivity index (χ3n) is 3.28. The summed E-state index contributed by atoms with van der Waals surface area (Å²) < 4.78 is 10.7. The number of nitrogens with zero attached hydrogens (tertiary/aromatic N) is 1. The molecule has 1 aromatic carbocycles. The number of likely N-dealkylation sites (N-methyl/N-ethyl adjacent to an activating group) is 1. The highest BCUT2D eigenvalue weighted by Gasteiger charge is 2.23. The van der Waals surface area contributed by atoms with Crippen LogP contribution in [0.1, 0.15) is 17.2 Å². The van der Waals surface area contributed by atoms with Gasteiger partial charge in [0, 0.05) is 19.1 Å². The Bertz CT molecular complexity index is 405. The smallest absolute Gasteiger partial charge is 0.161 e. The van der Waals surface area contributed by atoms with Crippen molar-refractivity contribution >= 4 is 0 Å². The molecule has 1 aliphatic heterocycles. The van der Waals surface area contributed by atoms with Crippen LogP contribution in [-0.4, -0.2) is 39.8 Å². The third kappa shape index (κ3) is 2.23. The van der Waals surface area contributed by atoms with Crippen molar-refractivity contribution < 1.29 is 9.47 Å². The van der Waals surface area contributed by atoms with Crippen LogP contribution in [0.25, 0.3) is 0 Å². The van der Waals surface area contributed by atoms with E-state index in [4.69, 9.17) is 9.47 Å². The second-order valence-corrected chi connectivity index (χ2v) is 4.52. The fourth-order valence-electron chi connectivity index (χ4n) is 2.31. The standard InChI is InChI=1S/C13H20N2O2/c1-15(2)11-8-14-7-9-5-12(16-3)13(17-4)6-10(9)11/h5-6,11,14H,7-8H2,1-4H3. The van der Waals surface area contributed by atoms with E-state index in [9.17, 15) is 0 Å². The van der Waals surface area contributed by atoms with Crippen molar-refractivity contribution in [2.75, 3.05) is 34.9 Å². The minimum atomic E-state index is 0.388. The van der Waals surface area contributed by atoms with Crippen LogP contribution < -0.4 is 14.8 Å². The highest BCUT2D eigenvalue weighted by molar-refractivity contribution is 5.49. The van der Waals surface area contributed by atoms with Gasteiger partial charge in [0.15, 0.2) is 11.5 Å².